The molecule has 1 nitrogen and oxygen atoms in total. The van der Waals surface area contributed by atoms with E-state index in [1.807, 2.05) is 0 Å². The average molecular weight is 233 g/mol. The molecule has 0 aromatic rings. The first-order valence-corrected chi connectivity index (χ1v) is 6.93. The van der Waals surface area contributed by atoms with Gasteiger partial charge in [0.1, 0.15) is 0 Å². The van der Waals surface area contributed by atoms with Crippen LogP contribution in [0.15, 0.2) is 34.7 Å². The van der Waals surface area contributed by atoms with Crippen LogP contribution < -0.4 is 5.32 Å². The first-order valence-electron chi connectivity index (χ1n) is 6.93. The van der Waals surface area contributed by atoms with E-state index in [1.165, 1.54) is 48.2 Å². The summed E-state index contributed by atoms with van der Waals surface area (Å²) >= 11 is 0. The maximum Gasteiger partial charge on any atom is 0.0155 e. The van der Waals surface area contributed by atoms with Gasteiger partial charge in [-0.1, -0.05) is 38.8 Å². The van der Waals surface area contributed by atoms with Crippen LogP contribution in [0.5, 0.6) is 0 Å². The number of rotatable bonds is 6. The zero-order valence-corrected chi connectivity index (χ0v) is 11.9. The molecular formula is C16H27N. The summed E-state index contributed by atoms with van der Waals surface area (Å²) in [5.74, 6) is 0. The summed E-state index contributed by atoms with van der Waals surface area (Å²) in [5.41, 5.74) is 6.97. The second kappa shape index (κ2) is 6.68. The number of hydrogen-bond acceptors (Lipinski definition) is 1. The van der Waals surface area contributed by atoms with Crippen molar-refractivity contribution < 1.29 is 0 Å². The Bertz CT molecular complexity index is 345. The van der Waals surface area contributed by atoms with Crippen LogP contribution in [0.25, 0.3) is 0 Å². The van der Waals surface area contributed by atoms with E-state index < -0.39 is 0 Å². The highest BCUT2D eigenvalue weighted by molar-refractivity contribution is 5.41. The molecule has 0 aromatic heterocycles. The van der Waals surface area contributed by atoms with E-state index in [0.717, 1.165) is 12.8 Å². The topological polar surface area (TPSA) is 12.0 Å². The summed E-state index contributed by atoms with van der Waals surface area (Å²) in [4.78, 5) is 0. The van der Waals surface area contributed by atoms with Crippen LogP contribution in [0.4, 0.5) is 0 Å². The number of hydrogen-bond donors (Lipinski definition) is 1. The fraction of sp³-hybridized carbons (Fsp3) is 0.625. The monoisotopic (exact) mass is 233 g/mol. The third-order valence-corrected chi connectivity index (χ3v) is 3.68. The number of dihydropyridines is 1. The minimum Gasteiger partial charge on any atom is -0.363 e. The van der Waals surface area contributed by atoms with Gasteiger partial charge in [0.2, 0.25) is 0 Å². The Kier molecular flexibility index (Phi) is 5.54. The van der Waals surface area contributed by atoms with E-state index in [-0.39, 0.29) is 0 Å². The molecule has 1 heterocycles. The summed E-state index contributed by atoms with van der Waals surface area (Å²) in [7, 11) is 0. The van der Waals surface area contributed by atoms with Crippen molar-refractivity contribution >= 4 is 0 Å². The zero-order valence-electron chi connectivity index (χ0n) is 11.9. The molecule has 0 spiro atoms. The van der Waals surface area contributed by atoms with E-state index >= 15 is 0 Å². The largest absolute Gasteiger partial charge is 0.363 e. The van der Waals surface area contributed by atoms with Crippen LogP contribution in [0.3, 0.4) is 0 Å². The van der Waals surface area contributed by atoms with Gasteiger partial charge < -0.3 is 5.32 Å². The summed E-state index contributed by atoms with van der Waals surface area (Å²) in [6.45, 7) is 13.0. The Morgan fingerprint density at radius 1 is 1.18 bits per heavy atom. The number of allylic oxidation sites excluding steroid dienone is 5. The molecule has 0 bridgehead atoms. The Labute approximate surface area is 107 Å². The zero-order chi connectivity index (χ0) is 12.8. The molecule has 0 saturated heterocycles. The minimum atomic E-state index is 1.05. The lowest BCUT2D eigenvalue weighted by Gasteiger charge is -2.25. The van der Waals surface area contributed by atoms with Crippen molar-refractivity contribution in [2.45, 2.75) is 66.2 Å². The van der Waals surface area contributed by atoms with Crippen molar-refractivity contribution in [3.63, 3.8) is 0 Å². The smallest absolute Gasteiger partial charge is 0.0155 e. The Morgan fingerprint density at radius 2 is 1.88 bits per heavy atom. The van der Waals surface area contributed by atoms with Crippen LogP contribution in [0.1, 0.15) is 66.2 Å². The molecular weight excluding hydrogens is 206 g/mol. The lowest BCUT2D eigenvalue weighted by molar-refractivity contribution is 0.683. The molecule has 0 unspecified atom stereocenters. The molecule has 1 aliphatic heterocycles. The average Bonchev–Trinajstić information content (AvgIpc) is 2.31. The van der Waals surface area contributed by atoms with Crippen molar-refractivity contribution in [1.29, 1.82) is 0 Å². The summed E-state index contributed by atoms with van der Waals surface area (Å²) < 4.78 is 0. The van der Waals surface area contributed by atoms with Gasteiger partial charge in [-0.2, -0.15) is 0 Å². The van der Waals surface area contributed by atoms with Crippen molar-refractivity contribution in [2.24, 2.45) is 0 Å². The van der Waals surface area contributed by atoms with Crippen LogP contribution in [-0.4, -0.2) is 0 Å². The van der Waals surface area contributed by atoms with Crippen molar-refractivity contribution in [3.8, 4) is 0 Å². The molecule has 0 fully saturated rings. The third-order valence-electron chi connectivity index (χ3n) is 3.68. The molecule has 1 aliphatic rings. The highest BCUT2D eigenvalue weighted by Crippen LogP contribution is 2.31. The highest BCUT2D eigenvalue weighted by Gasteiger charge is 2.16. The first-order chi connectivity index (χ1) is 8.10. The van der Waals surface area contributed by atoms with Crippen molar-refractivity contribution in [3.05, 3.63) is 34.7 Å². The molecule has 0 amide bonds. The predicted octanol–water partition coefficient (Wildman–Crippen LogP) is 5.07. The van der Waals surface area contributed by atoms with Gasteiger partial charge in [-0.3, -0.25) is 0 Å². The SMILES string of the molecule is C=C(CC)C1=C(C)NC(C)=C(CCCCC)C1. The van der Waals surface area contributed by atoms with E-state index in [4.69, 9.17) is 0 Å². The minimum absolute atomic E-state index is 1.05. The van der Waals surface area contributed by atoms with Gasteiger partial charge in [-0.15, -0.1) is 0 Å². The maximum atomic E-state index is 4.18. The summed E-state index contributed by atoms with van der Waals surface area (Å²) in [6.07, 6.45) is 7.35. The molecule has 0 radical (unpaired) electrons. The Hall–Kier alpha value is -0.980. The van der Waals surface area contributed by atoms with E-state index in [9.17, 15) is 0 Å². The third kappa shape index (κ3) is 3.76. The molecule has 1 heteroatoms. The van der Waals surface area contributed by atoms with Crippen LogP contribution in [-0.2, 0) is 0 Å². The molecule has 96 valence electrons. The Morgan fingerprint density at radius 3 is 2.47 bits per heavy atom. The quantitative estimate of drug-likeness (QED) is 0.631. The predicted molar refractivity (Wildman–Crippen MR) is 76.7 cm³/mol. The lowest BCUT2D eigenvalue weighted by atomic mass is 9.89. The van der Waals surface area contributed by atoms with E-state index in [0.29, 0.717) is 0 Å². The number of unbranched alkanes of at least 4 members (excludes halogenated alkanes) is 2. The van der Waals surface area contributed by atoms with Gasteiger partial charge in [0.15, 0.2) is 0 Å². The summed E-state index contributed by atoms with van der Waals surface area (Å²) in [6, 6.07) is 0. The highest BCUT2D eigenvalue weighted by atomic mass is 14.9. The lowest BCUT2D eigenvalue weighted by Crippen LogP contribution is -2.19. The molecule has 0 aromatic carbocycles. The second-order valence-corrected chi connectivity index (χ2v) is 5.05. The van der Waals surface area contributed by atoms with Crippen molar-refractivity contribution in [2.75, 3.05) is 0 Å². The van der Waals surface area contributed by atoms with Crippen LogP contribution in [0.2, 0.25) is 0 Å². The fourth-order valence-corrected chi connectivity index (χ4v) is 2.39. The standard InChI is InChI=1S/C16H27N/c1-6-8-9-10-15-11-16(12(3)7-2)14(5)17-13(15)4/h17H,3,6-11H2,1-2,4-5H3. The normalized spacial score (nSPS) is 16.2. The first kappa shape index (κ1) is 14.1. The van der Waals surface area contributed by atoms with Crippen LogP contribution >= 0.6 is 0 Å². The van der Waals surface area contributed by atoms with Gasteiger partial charge in [0, 0.05) is 11.4 Å². The van der Waals surface area contributed by atoms with Crippen molar-refractivity contribution in [1.82, 2.24) is 5.32 Å². The summed E-state index contributed by atoms with van der Waals surface area (Å²) in [5, 5.41) is 3.52. The molecule has 0 atom stereocenters. The van der Waals surface area contributed by atoms with Crippen LogP contribution in [0, 0.1) is 0 Å². The molecule has 0 saturated carbocycles. The van der Waals surface area contributed by atoms with Gasteiger partial charge in [0.05, 0.1) is 0 Å². The van der Waals surface area contributed by atoms with Gasteiger partial charge in [-0.05, 0) is 50.7 Å². The van der Waals surface area contributed by atoms with Gasteiger partial charge >= 0.3 is 0 Å². The van der Waals surface area contributed by atoms with E-state index in [2.05, 4.69) is 39.6 Å². The van der Waals surface area contributed by atoms with Gasteiger partial charge in [0.25, 0.3) is 0 Å². The van der Waals surface area contributed by atoms with E-state index in [1.54, 1.807) is 5.57 Å². The maximum absolute atomic E-state index is 4.18. The Balaban J connectivity index is 2.68. The second-order valence-electron chi connectivity index (χ2n) is 5.05. The molecule has 17 heavy (non-hydrogen) atoms. The number of nitrogens with one attached hydrogen (secondary N) is 1. The molecule has 1 N–H and O–H groups in total. The fourth-order valence-electron chi connectivity index (χ4n) is 2.39. The van der Waals surface area contributed by atoms with Gasteiger partial charge in [-0.25, -0.2) is 0 Å². The molecule has 1 rings (SSSR count). The molecule has 0 aliphatic carbocycles.